The highest BCUT2D eigenvalue weighted by atomic mass is 16.7. The molecule has 2 fully saturated rings. The number of nitrogens with zero attached hydrogens (tertiary/aromatic N) is 3. The summed E-state index contributed by atoms with van der Waals surface area (Å²) in [6.07, 6.45) is 1.34. The average Bonchev–Trinajstić information content (AvgIpc) is 3.22. The lowest BCUT2D eigenvalue weighted by Gasteiger charge is -2.33. The molecule has 8 heteroatoms. The van der Waals surface area contributed by atoms with Crippen molar-refractivity contribution in [1.29, 1.82) is 0 Å². The molecule has 0 spiro atoms. The Morgan fingerprint density at radius 2 is 1.86 bits per heavy atom. The summed E-state index contributed by atoms with van der Waals surface area (Å²) in [5.41, 5.74) is 0.193. The summed E-state index contributed by atoms with van der Waals surface area (Å²) < 4.78 is 19.4. The van der Waals surface area contributed by atoms with Crippen LogP contribution in [-0.4, -0.2) is 60.3 Å². The Balaban J connectivity index is 1.63. The summed E-state index contributed by atoms with van der Waals surface area (Å²) in [4.78, 5) is 28.6. The van der Waals surface area contributed by atoms with Crippen LogP contribution >= 0.6 is 0 Å². The highest BCUT2D eigenvalue weighted by Gasteiger charge is 2.27. The molecule has 2 aromatic rings. The van der Waals surface area contributed by atoms with Gasteiger partial charge in [-0.1, -0.05) is 0 Å². The van der Waals surface area contributed by atoms with Crippen LogP contribution in [0.2, 0.25) is 0 Å². The number of methoxy groups -OCH3 is 1. The molecule has 2 aliphatic heterocycles. The fraction of sp³-hybridized carbons (Fsp3) is 0.600. The van der Waals surface area contributed by atoms with E-state index in [1.165, 1.54) is 4.57 Å². The van der Waals surface area contributed by atoms with Crippen LogP contribution in [0.25, 0.3) is 10.9 Å². The summed E-state index contributed by atoms with van der Waals surface area (Å²) in [5.74, 6) is 0.615. The molecule has 0 atom stereocenters. The number of hydrogen-bond acceptors (Lipinski definition) is 6. The van der Waals surface area contributed by atoms with Gasteiger partial charge >= 0.3 is 5.69 Å². The number of hydrogen-bond donors (Lipinski definition) is 0. The SMILES string of the molecule is CCn1c(=O)n(C2CCN(CC3OCCO3)CC2)c(=O)c2cc(OC)ccc21. The van der Waals surface area contributed by atoms with E-state index in [1.54, 1.807) is 29.9 Å². The van der Waals surface area contributed by atoms with Crippen LogP contribution in [0, 0.1) is 0 Å². The van der Waals surface area contributed by atoms with Crippen LogP contribution in [0.1, 0.15) is 25.8 Å². The molecule has 0 aliphatic carbocycles. The molecule has 4 rings (SSSR count). The third-order valence-corrected chi connectivity index (χ3v) is 5.72. The number of likely N-dealkylation sites (tertiary alicyclic amines) is 1. The maximum absolute atomic E-state index is 13.2. The van der Waals surface area contributed by atoms with Crippen molar-refractivity contribution in [2.24, 2.45) is 0 Å². The largest absolute Gasteiger partial charge is 0.497 e. The molecule has 0 bridgehead atoms. The van der Waals surface area contributed by atoms with Crippen molar-refractivity contribution in [3.8, 4) is 5.75 Å². The predicted molar refractivity (Wildman–Crippen MR) is 105 cm³/mol. The van der Waals surface area contributed by atoms with Crippen molar-refractivity contribution in [2.45, 2.75) is 38.6 Å². The highest BCUT2D eigenvalue weighted by Crippen LogP contribution is 2.23. The van der Waals surface area contributed by atoms with E-state index in [0.717, 1.165) is 32.5 Å². The molecule has 0 unspecified atom stereocenters. The van der Waals surface area contributed by atoms with Gasteiger partial charge in [0.2, 0.25) is 0 Å². The Morgan fingerprint density at radius 3 is 2.50 bits per heavy atom. The molecule has 2 aliphatic rings. The molecule has 152 valence electrons. The first-order valence-electron chi connectivity index (χ1n) is 9.91. The first-order chi connectivity index (χ1) is 13.6. The minimum absolute atomic E-state index is 0.102. The van der Waals surface area contributed by atoms with Gasteiger partial charge in [0.15, 0.2) is 6.29 Å². The molecular weight excluding hydrogens is 362 g/mol. The normalized spacial score (nSPS) is 19.5. The van der Waals surface area contributed by atoms with E-state index >= 15 is 0 Å². The van der Waals surface area contributed by atoms with Crippen LogP contribution in [-0.2, 0) is 16.0 Å². The molecule has 1 aromatic heterocycles. The van der Waals surface area contributed by atoms with Crippen molar-refractivity contribution < 1.29 is 14.2 Å². The zero-order valence-corrected chi connectivity index (χ0v) is 16.4. The van der Waals surface area contributed by atoms with Crippen molar-refractivity contribution in [1.82, 2.24) is 14.0 Å². The molecule has 28 heavy (non-hydrogen) atoms. The molecular formula is C20H27N3O5. The standard InChI is InChI=1S/C20H27N3O5/c1-3-22-17-5-4-15(26-2)12-16(17)19(24)23(20(22)25)14-6-8-21(9-7-14)13-18-27-10-11-28-18/h4-5,12,14,18H,3,6-11,13H2,1-2H3. The second kappa shape index (κ2) is 8.06. The van der Waals surface area contributed by atoms with E-state index in [4.69, 9.17) is 14.2 Å². The van der Waals surface area contributed by atoms with Gasteiger partial charge in [0.25, 0.3) is 5.56 Å². The molecule has 0 N–H and O–H groups in total. The van der Waals surface area contributed by atoms with Gasteiger partial charge in [-0.2, -0.15) is 0 Å². The number of rotatable bonds is 5. The summed E-state index contributed by atoms with van der Waals surface area (Å²) >= 11 is 0. The Labute approximate surface area is 163 Å². The molecule has 0 radical (unpaired) electrons. The van der Waals surface area contributed by atoms with Gasteiger partial charge in [-0.25, -0.2) is 4.79 Å². The quantitative estimate of drug-likeness (QED) is 0.765. The summed E-state index contributed by atoms with van der Waals surface area (Å²) in [7, 11) is 1.57. The lowest BCUT2D eigenvalue weighted by atomic mass is 10.0. The Kier molecular flexibility index (Phi) is 5.52. The van der Waals surface area contributed by atoms with Crippen LogP contribution in [0.4, 0.5) is 0 Å². The van der Waals surface area contributed by atoms with Crippen molar-refractivity contribution in [2.75, 3.05) is 40.0 Å². The minimum Gasteiger partial charge on any atom is -0.497 e. The fourth-order valence-corrected chi connectivity index (χ4v) is 4.21. The van der Waals surface area contributed by atoms with Gasteiger partial charge in [-0.3, -0.25) is 18.8 Å². The number of piperidine rings is 1. The van der Waals surface area contributed by atoms with E-state index in [0.29, 0.717) is 36.4 Å². The minimum atomic E-state index is -0.232. The summed E-state index contributed by atoms with van der Waals surface area (Å²) in [6.45, 7) is 6.07. The van der Waals surface area contributed by atoms with Crippen LogP contribution < -0.4 is 16.0 Å². The van der Waals surface area contributed by atoms with Crippen molar-refractivity contribution >= 4 is 10.9 Å². The second-order valence-electron chi connectivity index (χ2n) is 7.29. The number of ether oxygens (including phenoxy) is 3. The Bertz CT molecular complexity index is 953. The third kappa shape index (κ3) is 3.47. The topological polar surface area (TPSA) is 74.9 Å². The van der Waals surface area contributed by atoms with E-state index < -0.39 is 0 Å². The van der Waals surface area contributed by atoms with Gasteiger partial charge in [-0.05, 0) is 38.0 Å². The van der Waals surface area contributed by atoms with Crippen molar-refractivity contribution in [3.63, 3.8) is 0 Å². The molecule has 0 amide bonds. The van der Waals surface area contributed by atoms with Crippen LogP contribution in [0.3, 0.4) is 0 Å². The maximum Gasteiger partial charge on any atom is 0.331 e. The average molecular weight is 389 g/mol. The van der Waals surface area contributed by atoms with Crippen molar-refractivity contribution in [3.05, 3.63) is 39.0 Å². The number of fused-ring (bicyclic) bond motifs is 1. The zero-order valence-electron chi connectivity index (χ0n) is 16.4. The second-order valence-corrected chi connectivity index (χ2v) is 7.29. The molecule has 8 nitrogen and oxygen atoms in total. The van der Waals surface area contributed by atoms with E-state index in [9.17, 15) is 9.59 Å². The Morgan fingerprint density at radius 1 is 1.14 bits per heavy atom. The molecule has 1 aromatic carbocycles. The van der Waals surface area contributed by atoms with Crippen LogP contribution in [0.15, 0.2) is 27.8 Å². The molecule has 3 heterocycles. The summed E-state index contributed by atoms with van der Waals surface area (Å²) in [6, 6.07) is 5.19. The number of aryl methyl sites for hydroxylation is 1. The number of benzene rings is 1. The van der Waals surface area contributed by atoms with Gasteiger partial charge in [0.05, 0.1) is 31.2 Å². The van der Waals surface area contributed by atoms with Gasteiger partial charge < -0.3 is 14.2 Å². The first-order valence-corrected chi connectivity index (χ1v) is 9.91. The maximum atomic E-state index is 13.2. The van der Waals surface area contributed by atoms with E-state index in [-0.39, 0.29) is 23.6 Å². The van der Waals surface area contributed by atoms with Crippen LogP contribution in [0.5, 0.6) is 5.75 Å². The fourth-order valence-electron chi connectivity index (χ4n) is 4.21. The zero-order chi connectivity index (χ0) is 19.7. The first kappa shape index (κ1) is 19.2. The summed E-state index contributed by atoms with van der Waals surface area (Å²) in [5, 5.41) is 0.524. The lowest BCUT2D eigenvalue weighted by Crippen LogP contribution is -2.47. The van der Waals surface area contributed by atoms with Gasteiger partial charge in [-0.15, -0.1) is 0 Å². The Hall–Kier alpha value is -2.16. The lowest BCUT2D eigenvalue weighted by molar-refractivity contribution is -0.0658. The third-order valence-electron chi connectivity index (χ3n) is 5.72. The predicted octanol–water partition coefficient (Wildman–Crippen LogP) is 1.20. The molecule has 2 saturated heterocycles. The van der Waals surface area contributed by atoms with E-state index in [1.807, 2.05) is 6.92 Å². The van der Waals surface area contributed by atoms with Gasteiger partial charge in [0, 0.05) is 32.2 Å². The number of aromatic nitrogens is 2. The smallest absolute Gasteiger partial charge is 0.331 e. The van der Waals surface area contributed by atoms with E-state index in [2.05, 4.69) is 4.90 Å². The monoisotopic (exact) mass is 389 g/mol. The molecule has 0 saturated carbocycles. The highest BCUT2D eigenvalue weighted by molar-refractivity contribution is 5.79. The van der Waals surface area contributed by atoms with Gasteiger partial charge in [0.1, 0.15) is 5.75 Å².